The monoisotopic (exact) mass is 252 g/mol. The van der Waals surface area contributed by atoms with Crippen molar-refractivity contribution >= 4 is 11.5 Å². The molecule has 2 heteroatoms. The highest BCUT2D eigenvalue weighted by molar-refractivity contribution is 5.78. The molecule has 0 radical (unpaired) electrons. The largest absolute Gasteiger partial charge is 0.481 e. The fourth-order valence-corrected chi connectivity index (χ4v) is 1.93. The van der Waals surface area contributed by atoms with E-state index in [-0.39, 0.29) is 6.42 Å². The van der Waals surface area contributed by atoms with Crippen LogP contribution in [0.1, 0.15) is 23.1 Å². The van der Waals surface area contributed by atoms with Gasteiger partial charge in [0.15, 0.2) is 0 Å². The van der Waals surface area contributed by atoms with E-state index >= 15 is 0 Å². The Balaban J connectivity index is 2.10. The first-order valence-corrected chi connectivity index (χ1v) is 6.22. The molecule has 0 aliphatic carbocycles. The molecule has 0 saturated carbocycles. The first-order chi connectivity index (χ1) is 9.16. The van der Waals surface area contributed by atoms with E-state index in [1.807, 2.05) is 54.6 Å². The lowest BCUT2D eigenvalue weighted by molar-refractivity contribution is -0.136. The van der Waals surface area contributed by atoms with Crippen LogP contribution < -0.4 is 0 Å². The Bertz CT molecular complexity index is 568. The van der Waals surface area contributed by atoms with Gasteiger partial charge >= 0.3 is 5.97 Å². The zero-order valence-electron chi connectivity index (χ0n) is 10.7. The van der Waals surface area contributed by atoms with Gasteiger partial charge in [-0.25, -0.2) is 0 Å². The molecule has 0 aliphatic rings. The Morgan fingerprint density at radius 3 is 2.11 bits per heavy atom. The summed E-state index contributed by atoms with van der Waals surface area (Å²) in [5.74, 6) is -0.766. The van der Waals surface area contributed by atoms with E-state index in [1.54, 1.807) is 0 Å². The van der Waals surface area contributed by atoms with Crippen molar-refractivity contribution < 1.29 is 9.90 Å². The summed E-state index contributed by atoms with van der Waals surface area (Å²) in [6.45, 7) is 4.10. The van der Waals surface area contributed by atoms with Crippen molar-refractivity contribution in [2.24, 2.45) is 0 Å². The molecule has 0 atom stereocenters. The van der Waals surface area contributed by atoms with Gasteiger partial charge in [-0.3, -0.25) is 4.79 Å². The van der Waals surface area contributed by atoms with Crippen LogP contribution in [0.3, 0.4) is 0 Å². The molecule has 96 valence electrons. The van der Waals surface area contributed by atoms with E-state index in [1.165, 1.54) is 0 Å². The van der Waals surface area contributed by atoms with E-state index in [0.29, 0.717) is 6.42 Å². The van der Waals surface area contributed by atoms with Crippen LogP contribution >= 0.6 is 0 Å². The third-order valence-corrected chi connectivity index (χ3v) is 3.05. The Hall–Kier alpha value is -2.35. The molecule has 2 nitrogen and oxygen atoms in total. The lowest BCUT2D eigenvalue weighted by atomic mass is 9.98. The third kappa shape index (κ3) is 3.55. The van der Waals surface area contributed by atoms with Gasteiger partial charge in [-0.15, -0.1) is 0 Å². The van der Waals surface area contributed by atoms with Crippen LogP contribution in [-0.4, -0.2) is 11.1 Å². The van der Waals surface area contributed by atoms with Gasteiger partial charge in [-0.1, -0.05) is 61.2 Å². The van der Waals surface area contributed by atoms with E-state index in [4.69, 9.17) is 5.11 Å². The fourth-order valence-electron chi connectivity index (χ4n) is 1.93. The Kier molecular flexibility index (Phi) is 4.14. The Morgan fingerprint density at radius 2 is 1.53 bits per heavy atom. The quantitative estimate of drug-likeness (QED) is 0.879. The van der Waals surface area contributed by atoms with Gasteiger partial charge in [0.25, 0.3) is 0 Å². The molecule has 0 spiro atoms. The number of carboxylic acids is 1. The average Bonchev–Trinajstić information content (AvgIpc) is 2.46. The van der Waals surface area contributed by atoms with Gasteiger partial charge in [0.2, 0.25) is 0 Å². The number of carbonyl (C=O) groups is 1. The summed E-state index contributed by atoms with van der Waals surface area (Å²) in [5.41, 5.74) is 4.17. The summed E-state index contributed by atoms with van der Waals surface area (Å²) in [6.07, 6.45) is 0.729. The Labute approximate surface area is 113 Å². The number of benzene rings is 2. The molecule has 2 aromatic rings. The van der Waals surface area contributed by atoms with Crippen molar-refractivity contribution in [3.05, 3.63) is 77.9 Å². The maximum absolute atomic E-state index is 10.5. The molecule has 2 rings (SSSR count). The Morgan fingerprint density at radius 1 is 0.947 bits per heavy atom. The van der Waals surface area contributed by atoms with Gasteiger partial charge in [-0.2, -0.15) is 0 Å². The predicted molar refractivity (Wildman–Crippen MR) is 77.0 cm³/mol. The topological polar surface area (TPSA) is 37.3 Å². The second-order valence-electron chi connectivity index (χ2n) is 4.44. The summed E-state index contributed by atoms with van der Waals surface area (Å²) >= 11 is 0. The third-order valence-electron chi connectivity index (χ3n) is 3.05. The SMILES string of the molecule is C=C(c1ccccc1)c1ccc(CCC(=O)O)cc1. The van der Waals surface area contributed by atoms with Crippen molar-refractivity contribution in [3.63, 3.8) is 0 Å². The number of rotatable bonds is 5. The average molecular weight is 252 g/mol. The van der Waals surface area contributed by atoms with E-state index in [9.17, 15) is 4.79 Å². The molecular formula is C17H16O2. The zero-order chi connectivity index (χ0) is 13.7. The molecule has 0 bridgehead atoms. The lowest BCUT2D eigenvalue weighted by Crippen LogP contribution is -1.97. The normalized spacial score (nSPS) is 10.1. The van der Waals surface area contributed by atoms with E-state index in [0.717, 1.165) is 22.3 Å². The number of aliphatic carboxylic acids is 1. The minimum Gasteiger partial charge on any atom is -0.481 e. The molecule has 0 fully saturated rings. The second-order valence-corrected chi connectivity index (χ2v) is 4.44. The van der Waals surface area contributed by atoms with E-state index < -0.39 is 5.97 Å². The van der Waals surface area contributed by atoms with Crippen molar-refractivity contribution in [1.82, 2.24) is 0 Å². The minimum atomic E-state index is -0.766. The molecule has 0 amide bonds. The zero-order valence-corrected chi connectivity index (χ0v) is 10.7. The fraction of sp³-hybridized carbons (Fsp3) is 0.118. The lowest BCUT2D eigenvalue weighted by Gasteiger charge is -2.07. The van der Waals surface area contributed by atoms with Crippen LogP contribution in [0.2, 0.25) is 0 Å². The smallest absolute Gasteiger partial charge is 0.303 e. The van der Waals surface area contributed by atoms with Crippen molar-refractivity contribution in [2.75, 3.05) is 0 Å². The highest BCUT2D eigenvalue weighted by Gasteiger charge is 2.03. The first-order valence-electron chi connectivity index (χ1n) is 6.22. The summed E-state index contributed by atoms with van der Waals surface area (Å²) in [4.78, 5) is 10.5. The number of carboxylic acid groups (broad SMARTS) is 1. The van der Waals surface area contributed by atoms with Crippen molar-refractivity contribution in [2.45, 2.75) is 12.8 Å². The maximum Gasteiger partial charge on any atom is 0.303 e. The summed E-state index contributed by atoms with van der Waals surface area (Å²) in [5, 5.41) is 8.65. The van der Waals surface area contributed by atoms with Gasteiger partial charge in [0, 0.05) is 6.42 Å². The molecule has 0 aromatic heterocycles. The summed E-state index contributed by atoms with van der Waals surface area (Å²) in [7, 11) is 0. The molecule has 2 aromatic carbocycles. The van der Waals surface area contributed by atoms with Crippen LogP contribution in [0.5, 0.6) is 0 Å². The molecular weight excluding hydrogens is 236 g/mol. The van der Waals surface area contributed by atoms with E-state index in [2.05, 4.69) is 6.58 Å². The number of hydrogen-bond donors (Lipinski definition) is 1. The molecule has 0 unspecified atom stereocenters. The van der Waals surface area contributed by atoms with Crippen molar-refractivity contribution in [3.8, 4) is 0 Å². The minimum absolute atomic E-state index is 0.166. The standard InChI is InChI=1S/C17H16O2/c1-13(15-5-3-2-4-6-15)16-10-7-14(8-11-16)9-12-17(18)19/h2-8,10-11H,1,9,12H2,(H,18,19). The predicted octanol–water partition coefficient (Wildman–Crippen LogP) is 3.77. The van der Waals surface area contributed by atoms with Crippen LogP contribution in [-0.2, 0) is 11.2 Å². The molecule has 0 heterocycles. The second kappa shape index (κ2) is 6.01. The van der Waals surface area contributed by atoms with Crippen LogP contribution in [0.25, 0.3) is 5.57 Å². The maximum atomic E-state index is 10.5. The van der Waals surface area contributed by atoms with Crippen LogP contribution in [0, 0.1) is 0 Å². The summed E-state index contributed by atoms with van der Waals surface area (Å²) < 4.78 is 0. The van der Waals surface area contributed by atoms with Crippen LogP contribution in [0.15, 0.2) is 61.2 Å². The number of aryl methyl sites for hydroxylation is 1. The van der Waals surface area contributed by atoms with Crippen molar-refractivity contribution in [1.29, 1.82) is 0 Å². The molecule has 0 aliphatic heterocycles. The van der Waals surface area contributed by atoms with Gasteiger partial charge in [0.05, 0.1) is 0 Å². The van der Waals surface area contributed by atoms with Crippen LogP contribution in [0.4, 0.5) is 0 Å². The van der Waals surface area contributed by atoms with Gasteiger partial charge in [0.1, 0.15) is 0 Å². The highest BCUT2D eigenvalue weighted by Crippen LogP contribution is 2.21. The van der Waals surface area contributed by atoms with Gasteiger partial charge in [-0.05, 0) is 28.7 Å². The van der Waals surface area contributed by atoms with Gasteiger partial charge < -0.3 is 5.11 Å². The first kappa shape index (κ1) is 13.1. The molecule has 19 heavy (non-hydrogen) atoms. The molecule has 1 N–H and O–H groups in total. The number of hydrogen-bond acceptors (Lipinski definition) is 1. The summed E-state index contributed by atoms with van der Waals surface area (Å²) in [6, 6.07) is 17.9. The highest BCUT2D eigenvalue weighted by atomic mass is 16.4. The molecule has 0 saturated heterocycles.